The Balaban J connectivity index is 2.40. The van der Waals surface area contributed by atoms with Gasteiger partial charge in [-0.15, -0.1) is 5.10 Å². The molecule has 0 unspecified atom stereocenters. The molecule has 2 aromatic rings. The number of rotatable bonds is 3. The lowest BCUT2D eigenvalue weighted by molar-refractivity contribution is 0.410. The number of primary sulfonamides is 1. The first-order valence-corrected chi connectivity index (χ1v) is 6.03. The van der Waals surface area contributed by atoms with E-state index in [-0.39, 0.29) is 16.8 Å². The molecule has 2 heterocycles. The molecule has 0 atom stereocenters. The summed E-state index contributed by atoms with van der Waals surface area (Å²) in [4.78, 5) is 7.35. The highest BCUT2D eigenvalue weighted by Gasteiger charge is 2.17. The van der Waals surface area contributed by atoms with Gasteiger partial charge in [0.2, 0.25) is 15.9 Å². The maximum Gasteiger partial charge on any atom is 0.342 e. The van der Waals surface area contributed by atoms with E-state index in [0.29, 0.717) is 0 Å². The molecule has 0 saturated carbocycles. The molecule has 8 nitrogen and oxygen atoms in total. The molecule has 0 aliphatic heterocycles. The standard InChI is InChI=1S/C8H9N5O3S/c1-13-5-11-8(12-13)16-7-6(17(9,14)15)3-2-4-10-7/h2-5H,1H3,(H2,9,14,15). The monoisotopic (exact) mass is 255 g/mol. The van der Waals surface area contributed by atoms with E-state index in [4.69, 9.17) is 9.88 Å². The molecular formula is C8H9N5O3S. The molecule has 0 radical (unpaired) electrons. The molecule has 9 heteroatoms. The summed E-state index contributed by atoms with van der Waals surface area (Å²) in [6.45, 7) is 0. The third-order valence-electron chi connectivity index (χ3n) is 1.81. The summed E-state index contributed by atoms with van der Waals surface area (Å²) in [5, 5.41) is 8.86. The van der Waals surface area contributed by atoms with Crippen LogP contribution in [-0.4, -0.2) is 28.2 Å². The number of aryl methyl sites for hydroxylation is 1. The lowest BCUT2D eigenvalue weighted by atomic mass is 10.5. The summed E-state index contributed by atoms with van der Waals surface area (Å²) >= 11 is 0. The molecule has 2 aromatic heterocycles. The number of pyridine rings is 1. The number of nitrogens with zero attached hydrogens (tertiary/aromatic N) is 4. The maximum absolute atomic E-state index is 11.3. The molecular weight excluding hydrogens is 246 g/mol. The Kier molecular flexibility index (Phi) is 2.77. The zero-order valence-corrected chi connectivity index (χ0v) is 9.63. The summed E-state index contributed by atoms with van der Waals surface area (Å²) in [5.41, 5.74) is 0. The predicted octanol–water partition coefficient (Wildman–Crippen LogP) is -0.350. The van der Waals surface area contributed by atoms with Crippen LogP contribution in [0.2, 0.25) is 0 Å². The van der Waals surface area contributed by atoms with Crippen LogP contribution in [0.4, 0.5) is 0 Å². The Morgan fingerprint density at radius 1 is 1.41 bits per heavy atom. The molecule has 2 N–H and O–H groups in total. The predicted molar refractivity (Wildman–Crippen MR) is 56.7 cm³/mol. The Morgan fingerprint density at radius 2 is 2.18 bits per heavy atom. The van der Waals surface area contributed by atoms with Crippen molar-refractivity contribution in [2.75, 3.05) is 0 Å². The van der Waals surface area contributed by atoms with Crippen LogP contribution in [0.5, 0.6) is 11.9 Å². The van der Waals surface area contributed by atoms with Crippen LogP contribution in [0.25, 0.3) is 0 Å². The molecule has 0 fully saturated rings. The van der Waals surface area contributed by atoms with Crippen molar-refractivity contribution < 1.29 is 13.2 Å². The first-order chi connectivity index (χ1) is 7.97. The van der Waals surface area contributed by atoms with Crippen molar-refractivity contribution in [2.24, 2.45) is 12.2 Å². The van der Waals surface area contributed by atoms with E-state index in [1.165, 1.54) is 29.3 Å². The van der Waals surface area contributed by atoms with Gasteiger partial charge in [0.25, 0.3) is 0 Å². The van der Waals surface area contributed by atoms with E-state index in [9.17, 15) is 8.42 Å². The first-order valence-electron chi connectivity index (χ1n) is 4.48. The Labute approximate surface area is 97.1 Å². The molecule has 2 rings (SSSR count). The number of nitrogens with two attached hydrogens (primary N) is 1. The number of hydrogen-bond acceptors (Lipinski definition) is 6. The Morgan fingerprint density at radius 3 is 2.76 bits per heavy atom. The van der Waals surface area contributed by atoms with Gasteiger partial charge in [-0.1, -0.05) is 0 Å². The Hall–Kier alpha value is -2.00. The quantitative estimate of drug-likeness (QED) is 0.802. The maximum atomic E-state index is 11.3. The second-order valence-electron chi connectivity index (χ2n) is 3.15. The van der Waals surface area contributed by atoms with Gasteiger partial charge in [-0.25, -0.2) is 18.5 Å². The summed E-state index contributed by atoms with van der Waals surface area (Å²) < 4.78 is 29.1. The fraction of sp³-hybridized carbons (Fsp3) is 0.125. The average Bonchev–Trinajstić information content (AvgIpc) is 2.63. The zero-order valence-electron chi connectivity index (χ0n) is 8.81. The summed E-state index contributed by atoms with van der Waals surface area (Å²) in [6, 6.07) is 2.73. The van der Waals surface area contributed by atoms with Crippen molar-refractivity contribution in [3.63, 3.8) is 0 Å². The number of ether oxygens (including phenoxy) is 1. The molecule has 90 valence electrons. The van der Waals surface area contributed by atoms with Gasteiger partial charge in [0.05, 0.1) is 0 Å². The minimum absolute atomic E-state index is 0.00361. The highest BCUT2D eigenvalue weighted by Crippen LogP contribution is 2.22. The first kappa shape index (κ1) is 11.5. The van der Waals surface area contributed by atoms with Crippen molar-refractivity contribution in [1.82, 2.24) is 19.7 Å². The van der Waals surface area contributed by atoms with Gasteiger partial charge < -0.3 is 4.74 Å². The molecule has 0 saturated heterocycles. The van der Waals surface area contributed by atoms with Crippen molar-refractivity contribution in [3.8, 4) is 11.9 Å². The summed E-state index contributed by atoms with van der Waals surface area (Å²) in [7, 11) is -2.24. The molecule has 0 amide bonds. The van der Waals surface area contributed by atoms with E-state index >= 15 is 0 Å². The average molecular weight is 255 g/mol. The highest BCUT2D eigenvalue weighted by molar-refractivity contribution is 7.89. The van der Waals surface area contributed by atoms with E-state index in [1.807, 2.05) is 0 Å². The third kappa shape index (κ3) is 2.57. The van der Waals surface area contributed by atoms with E-state index in [1.54, 1.807) is 7.05 Å². The van der Waals surface area contributed by atoms with E-state index < -0.39 is 10.0 Å². The van der Waals surface area contributed by atoms with Gasteiger partial charge >= 0.3 is 6.01 Å². The Bertz CT molecular complexity index is 636. The SMILES string of the molecule is Cn1cnc(Oc2ncccc2S(N)(=O)=O)n1. The van der Waals surface area contributed by atoms with Crippen molar-refractivity contribution in [3.05, 3.63) is 24.7 Å². The topological polar surface area (TPSA) is 113 Å². The van der Waals surface area contributed by atoms with Gasteiger partial charge in [-0.05, 0) is 12.1 Å². The smallest absolute Gasteiger partial charge is 0.342 e. The van der Waals surface area contributed by atoms with Crippen LogP contribution < -0.4 is 9.88 Å². The van der Waals surface area contributed by atoms with E-state index in [2.05, 4.69) is 15.1 Å². The van der Waals surface area contributed by atoms with Gasteiger partial charge in [-0.3, -0.25) is 4.68 Å². The fourth-order valence-electron chi connectivity index (χ4n) is 1.12. The molecule has 0 aromatic carbocycles. The minimum atomic E-state index is -3.90. The van der Waals surface area contributed by atoms with Gasteiger partial charge in [0, 0.05) is 13.2 Å². The van der Waals surface area contributed by atoms with E-state index in [0.717, 1.165) is 0 Å². The number of hydrogen-bond donors (Lipinski definition) is 1. The molecule has 0 aliphatic rings. The third-order valence-corrected chi connectivity index (χ3v) is 2.73. The van der Waals surface area contributed by atoms with Gasteiger partial charge in [0.1, 0.15) is 11.2 Å². The van der Waals surface area contributed by atoms with Crippen LogP contribution in [0.15, 0.2) is 29.6 Å². The summed E-state index contributed by atoms with van der Waals surface area (Å²) in [5.74, 6) is -0.152. The fourth-order valence-corrected chi connectivity index (χ4v) is 1.73. The summed E-state index contributed by atoms with van der Waals surface area (Å²) in [6.07, 6.45) is 2.79. The van der Waals surface area contributed by atoms with Crippen LogP contribution in [-0.2, 0) is 17.1 Å². The lowest BCUT2D eigenvalue weighted by Gasteiger charge is -2.04. The second kappa shape index (κ2) is 4.11. The van der Waals surface area contributed by atoms with Crippen molar-refractivity contribution >= 4 is 10.0 Å². The zero-order chi connectivity index (χ0) is 12.5. The molecule has 0 bridgehead atoms. The van der Waals surface area contributed by atoms with Gasteiger partial charge in [-0.2, -0.15) is 4.98 Å². The molecule has 17 heavy (non-hydrogen) atoms. The van der Waals surface area contributed by atoms with Crippen LogP contribution in [0, 0.1) is 0 Å². The largest absolute Gasteiger partial charge is 0.403 e. The number of aromatic nitrogens is 4. The van der Waals surface area contributed by atoms with Crippen LogP contribution >= 0.6 is 0 Å². The normalized spacial score (nSPS) is 11.4. The lowest BCUT2D eigenvalue weighted by Crippen LogP contribution is -2.13. The molecule has 0 spiro atoms. The highest BCUT2D eigenvalue weighted by atomic mass is 32.2. The second-order valence-corrected chi connectivity index (χ2v) is 4.68. The van der Waals surface area contributed by atoms with Crippen molar-refractivity contribution in [1.29, 1.82) is 0 Å². The van der Waals surface area contributed by atoms with Crippen LogP contribution in [0.1, 0.15) is 0 Å². The molecule has 0 aliphatic carbocycles. The number of sulfonamides is 1. The van der Waals surface area contributed by atoms with Gasteiger partial charge in [0.15, 0.2) is 0 Å². The van der Waals surface area contributed by atoms with Crippen molar-refractivity contribution in [2.45, 2.75) is 4.90 Å². The van der Waals surface area contributed by atoms with Crippen LogP contribution in [0.3, 0.4) is 0 Å². The minimum Gasteiger partial charge on any atom is -0.403 e.